The van der Waals surface area contributed by atoms with Gasteiger partial charge in [0, 0.05) is 16.3 Å². The Morgan fingerprint density at radius 2 is 1.28 bits per heavy atom. The fourth-order valence-electron chi connectivity index (χ4n) is 3.60. The first-order valence-electron chi connectivity index (χ1n) is 8.31. The molecule has 1 aromatic heterocycles. The second kappa shape index (κ2) is 5.32. The molecule has 0 aliphatic carbocycles. The normalized spacial score (nSPS) is 11.4. The minimum absolute atomic E-state index is 0.250. The van der Waals surface area contributed by atoms with Gasteiger partial charge in [-0.2, -0.15) is 0 Å². The SMILES string of the molecule is Oc1ccccc1-c1nc2ccc3ccccc3c2c2ccccc12. The van der Waals surface area contributed by atoms with Gasteiger partial charge >= 0.3 is 0 Å². The molecule has 0 fully saturated rings. The lowest BCUT2D eigenvalue weighted by molar-refractivity contribution is 0.477. The van der Waals surface area contributed by atoms with Crippen LogP contribution in [0.2, 0.25) is 0 Å². The highest BCUT2D eigenvalue weighted by molar-refractivity contribution is 6.21. The molecule has 0 atom stereocenters. The Bertz CT molecular complexity index is 1260. The van der Waals surface area contributed by atoms with E-state index < -0.39 is 0 Å². The maximum atomic E-state index is 10.3. The number of nitrogens with zero attached hydrogens (tertiary/aromatic N) is 1. The molecule has 4 aromatic carbocycles. The summed E-state index contributed by atoms with van der Waals surface area (Å²) >= 11 is 0. The van der Waals surface area contributed by atoms with Crippen molar-refractivity contribution in [2.75, 3.05) is 0 Å². The van der Waals surface area contributed by atoms with E-state index in [2.05, 4.69) is 54.6 Å². The first-order chi connectivity index (χ1) is 12.3. The van der Waals surface area contributed by atoms with Gasteiger partial charge in [0.05, 0.1) is 11.2 Å². The van der Waals surface area contributed by atoms with E-state index in [1.54, 1.807) is 6.07 Å². The van der Waals surface area contributed by atoms with Crippen LogP contribution in [0.25, 0.3) is 43.7 Å². The third-order valence-electron chi connectivity index (χ3n) is 4.75. The number of phenols is 1. The highest BCUT2D eigenvalue weighted by Crippen LogP contribution is 2.38. The van der Waals surface area contributed by atoms with Crippen LogP contribution in [-0.4, -0.2) is 10.1 Å². The van der Waals surface area contributed by atoms with Gasteiger partial charge in [-0.1, -0.05) is 66.7 Å². The van der Waals surface area contributed by atoms with E-state index in [0.29, 0.717) is 0 Å². The van der Waals surface area contributed by atoms with Gasteiger partial charge in [-0.15, -0.1) is 0 Å². The van der Waals surface area contributed by atoms with Gasteiger partial charge in [0.2, 0.25) is 0 Å². The molecule has 2 nitrogen and oxygen atoms in total. The van der Waals surface area contributed by atoms with Gasteiger partial charge < -0.3 is 5.11 Å². The summed E-state index contributed by atoms with van der Waals surface area (Å²) in [5.41, 5.74) is 2.51. The zero-order valence-electron chi connectivity index (χ0n) is 13.5. The molecular formula is C23H15NO. The molecular weight excluding hydrogens is 306 g/mol. The van der Waals surface area contributed by atoms with E-state index >= 15 is 0 Å². The molecule has 0 spiro atoms. The number of para-hydroxylation sites is 1. The number of hydrogen-bond acceptors (Lipinski definition) is 2. The number of aromatic nitrogens is 1. The first kappa shape index (κ1) is 14.0. The van der Waals surface area contributed by atoms with E-state index in [9.17, 15) is 5.11 Å². The topological polar surface area (TPSA) is 33.1 Å². The molecule has 5 aromatic rings. The molecule has 0 saturated heterocycles. The molecule has 1 N–H and O–H groups in total. The smallest absolute Gasteiger partial charge is 0.124 e. The summed E-state index contributed by atoms with van der Waals surface area (Å²) in [6, 6.07) is 28.2. The quantitative estimate of drug-likeness (QED) is 0.389. The van der Waals surface area contributed by atoms with E-state index in [1.807, 2.05) is 24.3 Å². The Kier molecular flexibility index (Phi) is 2.98. The Hall–Kier alpha value is -3.39. The molecule has 25 heavy (non-hydrogen) atoms. The summed E-state index contributed by atoms with van der Waals surface area (Å²) in [5, 5.41) is 16.1. The molecule has 0 radical (unpaired) electrons. The monoisotopic (exact) mass is 321 g/mol. The molecule has 0 aliphatic rings. The zero-order chi connectivity index (χ0) is 16.8. The van der Waals surface area contributed by atoms with Crippen LogP contribution in [-0.2, 0) is 0 Å². The summed E-state index contributed by atoms with van der Waals surface area (Å²) in [6.07, 6.45) is 0. The summed E-state index contributed by atoms with van der Waals surface area (Å²) in [6.45, 7) is 0. The van der Waals surface area contributed by atoms with Crippen molar-refractivity contribution in [1.29, 1.82) is 0 Å². The second-order valence-corrected chi connectivity index (χ2v) is 6.20. The van der Waals surface area contributed by atoms with Crippen molar-refractivity contribution in [3.8, 4) is 17.0 Å². The van der Waals surface area contributed by atoms with Crippen LogP contribution in [0.4, 0.5) is 0 Å². The number of pyridine rings is 1. The molecule has 118 valence electrons. The molecule has 0 bridgehead atoms. The number of aromatic hydroxyl groups is 1. The number of rotatable bonds is 1. The predicted octanol–water partition coefficient (Wildman–Crippen LogP) is 5.91. The number of fused-ring (bicyclic) bond motifs is 5. The van der Waals surface area contributed by atoms with Crippen molar-refractivity contribution < 1.29 is 5.11 Å². The van der Waals surface area contributed by atoms with Crippen molar-refractivity contribution in [2.45, 2.75) is 0 Å². The Balaban J connectivity index is 2.02. The molecule has 0 saturated carbocycles. The molecule has 2 heteroatoms. The standard InChI is InChI=1S/C23H15NO/c25-21-12-6-5-11-19(21)23-18-10-4-3-9-17(18)22-16-8-2-1-7-15(16)13-14-20(22)24-23/h1-14,25H. The Morgan fingerprint density at radius 1 is 0.600 bits per heavy atom. The number of hydrogen-bond donors (Lipinski definition) is 1. The first-order valence-corrected chi connectivity index (χ1v) is 8.31. The van der Waals surface area contributed by atoms with Crippen LogP contribution in [0, 0.1) is 0 Å². The largest absolute Gasteiger partial charge is 0.507 e. The van der Waals surface area contributed by atoms with Gasteiger partial charge in [0.1, 0.15) is 5.75 Å². The summed E-state index contributed by atoms with van der Waals surface area (Å²) in [5.74, 6) is 0.250. The van der Waals surface area contributed by atoms with Gasteiger partial charge in [-0.25, -0.2) is 4.98 Å². The lowest BCUT2D eigenvalue weighted by Crippen LogP contribution is -1.91. The van der Waals surface area contributed by atoms with Crippen LogP contribution >= 0.6 is 0 Å². The van der Waals surface area contributed by atoms with E-state index in [0.717, 1.165) is 32.9 Å². The zero-order valence-corrected chi connectivity index (χ0v) is 13.5. The highest BCUT2D eigenvalue weighted by atomic mass is 16.3. The van der Waals surface area contributed by atoms with E-state index in [1.165, 1.54) is 10.8 Å². The van der Waals surface area contributed by atoms with Crippen molar-refractivity contribution in [2.24, 2.45) is 0 Å². The average molecular weight is 321 g/mol. The van der Waals surface area contributed by atoms with Gasteiger partial charge in [0.15, 0.2) is 0 Å². The fraction of sp³-hybridized carbons (Fsp3) is 0. The average Bonchev–Trinajstić information content (AvgIpc) is 2.67. The van der Waals surface area contributed by atoms with Crippen LogP contribution in [0.1, 0.15) is 0 Å². The third kappa shape index (κ3) is 2.08. The maximum absolute atomic E-state index is 10.3. The highest BCUT2D eigenvalue weighted by Gasteiger charge is 2.14. The van der Waals surface area contributed by atoms with Gasteiger partial charge in [-0.05, 0) is 34.4 Å². The molecule has 5 rings (SSSR count). The van der Waals surface area contributed by atoms with Crippen molar-refractivity contribution in [3.63, 3.8) is 0 Å². The van der Waals surface area contributed by atoms with E-state index in [-0.39, 0.29) is 5.75 Å². The van der Waals surface area contributed by atoms with E-state index in [4.69, 9.17) is 4.98 Å². The number of benzene rings is 4. The summed E-state index contributed by atoms with van der Waals surface area (Å²) in [4.78, 5) is 4.92. The van der Waals surface area contributed by atoms with Crippen LogP contribution < -0.4 is 0 Å². The molecule has 0 unspecified atom stereocenters. The van der Waals surface area contributed by atoms with Crippen molar-refractivity contribution in [3.05, 3.63) is 84.9 Å². The lowest BCUT2D eigenvalue weighted by Gasteiger charge is -2.12. The van der Waals surface area contributed by atoms with Crippen LogP contribution in [0.15, 0.2) is 84.9 Å². The van der Waals surface area contributed by atoms with Crippen LogP contribution in [0.3, 0.4) is 0 Å². The minimum Gasteiger partial charge on any atom is -0.507 e. The Labute approximate surface area is 145 Å². The van der Waals surface area contributed by atoms with Gasteiger partial charge in [0.25, 0.3) is 0 Å². The Morgan fingerprint density at radius 3 is 2.12 bits per heavy atom. The van der Waals surface area contributed by atoms with Gasteiger partial charge in [-0.3, -0.25) is 0 Å². The van der Waals surface area contributed by atoms with Crippen molar-refractivity contribution >= 4 is 32.4 Å². The maximum Gasteiger partial charge on any atom is 0.124 e. The van der Waals surface area contributed by atoms with Crippen LogP contribution in [0.5, 0.6) is 5.75 Å². The fourth-order valence-corrected chi connectivity index (χ4v) is 3.60. The second-order valence-electron chi connectivity index (χ2n) is 6.20. The molecule has 1 heterocycles. The minimum atomic E-state index is 0.250. The summed E-state index contributed by atoms with van der Waals surface area (Å²) in [7, 11) is 0. The molecule has 0 aliphatic heterocycles. The number of phenolic OH excluding ortho intramolecular Hbond substituents is 1. The predicted molar refractivity (Wildman–Crippen MR) is 104 cm³/mol. The summed E-state index contributed by atoms with van der Waals surface area (Å²) < 4.78 is 0. The lowest BCUT2D eigenvalue weighted by atomic mass is 9.96. The third-order valence-corrected chi connectivity index (χ3v) is 4.75. The molecule has 0 amide bonds. The van der Waals surface area contributed by atoms with Crippen molar-refractivity contribution in [1.82, 2.24) is 4.98 Å².